The molecule has 2 nitrogen and oxygen atoms in total. The zero-order valence-electron chi connectivity index (χ0n) is 8.59. The molecule has 0 spiro atoms. The van der Waals surface area contributed by atoms with Crippen molar-refractivity contribution in [2.24, 2.45) is 11.3 Å². The van der Waals surface area contributed by atoms with Crippen molar-refractivity contribution in [3.05, 3.63) is 0 Å². The predicted octanol–water partition coefficient (Wildman–Crippen LogP) is 1.17. The molecule has 0 aromatic heterocycles. The topological polar surface area (TPSA) is 40.5 Å². The zero-order chi connectivity index (χ0) is 10.1. The van der Waals surface area contributed by atoms with Crippen LogP contribution >= 0.6 is 0 Å². The molecule has 74 valence electrons. The van der Waals surface area contributed by atoms with Crippen molar-refractivity contribution < 1.29 is 10.2 Å². The summed E-state index contributed by atoms with van der Waals surface area (Å²) in [4.78, 5) is 0. The molecule has 0 aromatic carbocycles. The van der Waals surface area contributed by atoms with Crippen molar-refractivity contribution in [2.75, 3.05) is 6.61 Å². The minimum absolute atomic E-state index is 0.171. The molecule has 2 heteroatoms. The van der Waals surface area contributed by atoms with Crippen molar-refractivity contribution in [3.63, 3.8) is 0 Å². The van der Waals surface area contributed by atoms with Crippen LogP contribution in [0.4, 0.5) is 0 Å². The highest BCUT2D eigenvalue weighted by Crippen LogP contribution is 2.49. The Morgan fingerprint density at radius 1 is 1.46 bits per heavy atom. The van der Waals surface area contributed by atoms with Gasteiger partial charge in [-0.3, -0.25) is 0 Å². The molecule has 1 aliphatic rings. The van der Waals surface area contributed by atoms with E-state index in [1.165, 1.54) is 0 Å². The van der Waals surface area contributed by atoms with Gasteiger partial charge in [-0.2, -0.15) is 0 Å². The molecule has 0 heterocycles. The molecule has 1 fully saturated rings. The van der Waals surface area contributed by atoms with Crippen LogP contribution in [0.1, 0.15) is 33.6 Å². The summed E-state index contributed by atoms with van der Waals surface area (Å²) in [6.07, 6.45) is 1.72. The summed E-state index contributed by atoms with van der Waals surface area (Å²) in [6, 6.07) is 0. The van der Waals surface area contributed by atoms with E-state index in [0.717, 1.165) is 6.42 Å². The lowest BCUT2D eigenvalue weighted by atomic mass is 9.73. The number of aliphatic hydroxyl groups excluding tert-OH is 1. The maximum atomic E-state index is 10.2. The average Bonchev–Trinajstić information content (AvgIpc) is 2.27. The van der Waals surface area contributed by atoms with E-state index in [4.69, 9.17) is 5.11 Å². The fraction of sp³-hybridized carbons (Fsp3) is 0.818. The molecule has 0 amide bonds. The smallest absolute Gasteiger partial charge is 0.130 e. The maximum Gasteiger partial charge on any atom is 0.130 e. The summed E-state index contributed by atoms with van der Waals surface area (Å²) < 4.78 is 0. The molecule has 1 saturated carbocycles. The van der Waals surface area contributed by atoms with Crippen molar-refractivity contribution in [1.29, 1.82) is 0 Å². The van der Waals surface area contributed by atoms with Crippen LogP contribution in [0.2, 0.25) is 0 Å². The van der Waals surface area contributed by atoms with Crippen LogP contribution in [0.15, 0.2) is 0 Å². The molecular formula is C11H18O2. The molecule has 0 saturated heterocycles. The molecule has 0 radical (unpaired) electrons. The third kappa shape index (κ3) is 1.59. The van der Waals surface area contributed by atoms with Crippen LogP contribution in [0, 0.1) is 23.2 Å². The second-order valence-corrected chi connectivity index (χ2v) is 4.48. The van der Waals surface area contributed by atoms with Crippen LogP contribution in [-0.2, 0) is 0 Å². The molecule has 0 aromatic rings. The zero-order valence-corrected chi connectivity index (χ0v) is 8.59. The lowest BCUT2D eigenvalue weighted by Crippen LogP contribution is -2.41. The van der Waals surface area contributed by atoms with E-state index in [1.807, 2.05) is 13.8 Å². The first-order chi connectivity index (χ1) is 5.94. The van der Waals surface area contributed by atoms with Crippen molar-refractivity contribution in [1.82, 2.24) is 0 Å². The van der Waals surface area contributed by atoms with E-state index in [1.54, 1.807) is 0 Å². The van der Waals surface area contributed by atoms with Gasteiger partial charge in [0.1, 0.15) is 12.2 Å². The molecule has 0 aliphatic heterocycles. The van der Waals surface area contributed by atoms with Crippen LogP contribution < -0.4 is 0 Å². The van der Waals surface area contributed by atoms with Gasteiger partial charge in [-0.25, -0.2) is 0 Å². The lowest BCUT2D eigenvalue weighted by Gasteiger charge is -2.35. The number of hydrogen-bond acceptors (Lipinski definition) is 2. The standard InChI is InChI=1S/C11H18O2/c1-9-5-7-11(13,6-4-8-12)10(9,2)3/h9,12-13H,5,7-8H2,1-3H3. The molecule has 2 atom stereocenters. The fourth-order valence-electron chi connectivity index (χ4n) is 1.93. The maximum absolute atomic E-state index is 10.2. The monoisotopic (exact) mass is 182 g/mol. The van der Waals surface area contributed by atoms with Gasteiger partial charge in [0.05, 0.1) is 0 Å². The summed E-state index contributed by atoms with van der Waals surface area (Å²) in [6.45, 7) is 6.04. The Kier molecular flexibility index (Phi) is 2.70. The van der Waals surface area contributed by atoms with Gasteiger partial charge in [0, 0.05) is 5.41 Å². The minimum atomic E-state index is -0.908. The first-order valence-electron chi connectivity index (χ1n) is 4.77. The Bertz CT molecular complexity index is 247. The van der Waals surface area contributed by atoms with Gasteiger partial charge in [0.2, 0.25) is 0 Å². The van der Waals surface area contributed by atoms with E-state index in [0.29, 0.717) is 12.3 Å². The summed E-state index contributed by atoms with van der Waals surface area (Å²) in [5.74, 6) is 5.82. The van der Waals surface area contributed by atoms with Crippen LogP contribution in [0.3, 0.4) is 0 Å². The first-order valence-corrected chi connectivity index (χ1v) is 4.77. The summed E-state index contributed by atoms with van der Waals surface area (Å²) in [5, 5.41) is 18.8. The molecule has 2 unspecified atom stereocenters. The molecule has 1 aliphatic carbocycles. The Morgan fingerprint density at radius 2 is 2.08 bits per heavy atom. The van der Waals surface area contributed by atoms with Crippen LogP contribution in [-0.4, -0.2) is 22.4 Å². The lowest BCUT2D eigenvalue weighted by molar-refractivity contribution is -0.00469. The van der Waals surface area contributed by atoms with Gasteiger partial charge in [-0.15, -0.1) is 0 Å². The third-order valence-corrected chi connectivity index (χ3v) is 3.61. The minimum Gasteiger partial charge on any atom is -0.384 e. The third-order valence-electron chi connectivity index (χ3n) is 3.61. The fourth-order valence-corrected chi connectivity index (χ4v) is 1.93. The SMILES string of the molecule is CC1CCC(O)(C#CCO)C1(C)C. The number of aliphatic hydroxyl groups is 2. The Labute approximate surface area is 80.0 Å². The molecule has 1 rings (SSSR count). The average molecular weight is 182 g/mol. The van der Waals surface area contributed by atoms with Gasteiger partial charge in [0.15, 0.2) is 0 Å². The highest BCUT2D eigenvalue weighted by Gasteiger charge is 2.50. The van der Waals surface area contributed by atoms with E-state index in [-0.39, 0.29) is 12.0 Å². The van der Waals surface area contributed by atoms with E-state index in [9.17, 15) is 5.11 Å². The number of hydrogen-bond donors (Lipinski definition) is 2. The Hall–Kier alpha value is -0.520. The second-order valence-electron chi connectivity index (χ2n) is 4.48. The van der Waals surface area contributed by atoms with Crippen molar-refractivity contribution >= 4 is 0 Å². The first kappa shape index (κ1) is 10.6. The number of rotatable bonds is 0. The van der Waals surface area contributed by atoms with Gasteiger partial charge in [-0.1, -0.05) is 32.6 Å². The highest BCUT2D eigenvalue weighted by molar-refractivity contribution is 5.22. The summed E-state index contributed by atoms with van der Waals surface area (Å²) in [5.41, 5.74) is -1.08. The second kappa shape index (κ2) is 3.32. The predicted molar refractivity (Wildman–Crippen MR) is 52.0 cm³/mol. The molecule has 13 heavy (non-hydrogen) atoms. The highest BCUT2D eigenvalue weighted by atomic mass is 16.3. The Morgan fingerprint density at radius 3 is 2.46 bits per heavy atom. The quantitative estimate of drug-likeness (QED) is 0.552. The van der Waals surface area contributed by atoms with Crippen molar-refractivity contribution in [3.8, 4) is 11.8 Å². The van der Waals surface area contributed by atoms with Gasteiger partial charge < -0.3 is 10.2 Å². The normalized spacial score (nSPS) is 36.8. The van der Waals surface area contributed by atoms with Crippen LogP contribution in [0.25, 0.3) is 0 Å². The van der Waals surface area contributed by atoms with Crippen molar-refractivity contribution in [2.45, 2.75) is 39.2 Å². The molecular weight excluding hydrogens is 164 g/mol. The van der Waals surface area contributed by atoms with Crippen LogP contribution in [0.5, 0.6) is 0 Å². The van der Waals surface area contributed by atoms with E-state index < -0.39 is 5.60 Å². The largest absolute Gasteiger partial charge is 0.384 e. The summed E-state index contributed by atoms with van der Waals surface area (Å²) in [7, 11) is 0. The van der Waals surface area contributed by atoms with E-state index >= 15 is 0 Å². The Balaban J connectivity index is 2.92. The van der Waals surface area contributed by atoms with Gasteiger partial charge in [0.25, 0.3) is 0 Å². The van der Waals surface area contributed by atoms with Gasteiger partial charge >= 0.3 is 0 Å². The summed E-state index contributed by atoms with van der Waals surface area (Å²) >= 11 is 0. The van der Waals surface area contributed by atoms with E-state index in [2.05, 4.69) is 18.8 Å². The molecule has 2 N–H and O–H groups in total. The van der Waals surface area contributed by atoms with Gasteiger partial charge in [-0.05, 0) is 18.8 Å². The molecule has 0 bridgehead atoms.